The molecule has 4 rings (SSSR count). The van der Waals surface area contributed by atoms with E-state index in [-0.39, 0.29) is 34.7 Å². The summed E-state index contributed by atoms with van der Waals surface area (Å²) in [5.74, 6) is 0.987. The molecule has 1 aliphatic rings. The second-order valence-corrected chi connectivity index (χ2v) is 6.53. The summed E-state index contributed by atoms with van der Waals surface area (Å²) in [4.78, 5) is 8.72. The van der Waals surface area contributed by atoms with Gasteiger partial charge in [0.05, 0.1) is 5.69 Å². The number of aliphatic imine (C=N–C) groups is 1. The third-order valence-electron chi connectivity index (χ3n) is 4.58. The maximum atomic E-state index is 13.1. The molecule has 0 amide bonds. The number of nitrogens with two attached hydrogens (primary N) is 2. The Balaban J connectivity index is 1.79. The third kappa shape index (κ3) is 3.73. The quantitative estimate of drug-likeness (QED) is 0.376. The molecule has 0 radical (unpaired) electrons. The first-order valence-corrected chi connectivity index (χ1v) is 9.02. The zero-order valence-corrected chi connectivity index (χ0v) is 15.9. The monoisotopic (exact) mass is 414 g/mol. The first-order valence-electron chi connectivity index (χ1n) is 9.02. The van der Waals surface area contributed by atoms with Crippen LogP contribution in [0.4, 0.5) is 21.7 Å². The summed E-state index contributed by atoms with van der Waals surface area (Å²) in [5.41, 5.74) is 13.4. The molecule has 9 nitrogen and oxygen atoms in total. The van der Waals surface area contributed by atoms with E-state index >= 15 is 0 Å². The van der Waals surface area contributed by atoms with Gasteiger partial charge >= 0.3 is 0 Å². The molecular formula is C21H15FN8O. The van der Waals surface area contributed by atoms with Gasteiger partial charge in [0.25, 0.3) is 0 Å². The maximum absolute atomic E-state index is 13.1. The SMILES string of the molecule is N#CNC1=NC(c2cccc(Oc3ccc(F)cc3)c2)c2c(nc(N)c(C#N)c2N)N1. The van der Waals surface area contributed by atoms with Crippen molar-refractivity contribution in [3.63, 3.8) is 0 Å². The van der Waals surface area contributed by atoms with E-state index in [1.54, 1.807) is 30.5 Å². The normalized spacial score (nSPS) is 14.3. The lowest BCUT2D eigenvalue weighted by atomic mass is 9.95. The highest BCUT2D eigenvalue weighted by Crippen LogP contribution is 2.41. The van der Waals surface area contributed by atoms with Gasteiger partial charge in [-0.05, 0) is 42.0 Å². The van der Waals surface area contributed by atoms with Crippen LogP contribution < -0.4 is 26.8 Å². The number of rotatable bonds is 3. The van der Waals surface area contributed by atoms with Crippen LogP contribution in [-0.4, -0.2) is 10.9 Å². The van der Waals surface area contributed by atoms with Gasteiger partial charge in [0.2, 0.25) is 5.96 Å². The molecular weight excluding hydrogens is 399 g/mol. The first-order chi connectivity index (χ1) is 15.0. The Morgan fingerprint density at radius 2 is 1.87 bits per heavy atom. The zero-order valence-electron chi connectivity index (χ0n) is 15.9. The van der Waals surface area contributed by atoms with Crippen molar-refractivity contribution >= 4 is 23.3 Å². The summed E-state index contributed by atoms with van der Waals surface area (Å²) in [6, 6.07) is 13.9. The highest BCUT2D eigenvalue weighted by atomic mass is 19.1. The van der Waals surface area contributed by atoms with Crippen LogP contribution >= 0.6 is 0 Å². The molecule has 152 valence electrons. The predicted octanol–water partition coefficient (Wildman–Crippen LogP) is 2.99. The summed E-state index contributed by atoms with van der Waals surface area (Å²) in [5, 5.41) is 23.7. The fourth-order valence-corrected chi connectivity index (χ4v) is 3.21. The highest BCUT2D eigenvalue weighted by Gasteiger charge is 2.29. The molecule has 10 heteroatoms. The Hall–Kier alpha value is -4.83. The Morgan fingerprint density at radius 1 is 1.10 bits per heavy atom. The molecule has 6 N–H and O–H groups in total. The average Bonchev–Trinajstić information content (AvgIpc) is 2.75. The minimum atomic E-state index is -0.691. The van der Waals surface area contributed by atoms with E-state index in [0.717, 1.165) is 0 Å². The van der Waals surface area contributed by atoms with Crippen molar-refractivity contribution in [3.05, 3.63) is 71.0 Å². The maximum Gasteiger partial charge on any atom is 0.211 e. The number of hydrogen-bond acceptors (Lipinski definition) is 9. The minimum Gasteiger partial charge on any atom is -0.457 e. The van der Waals surface area contributed by atoms with E-state index in [4.69, 9.17) is 21.5 Å². The molecule has 1 aromatic heterocycles. The molecule has 1 aliphatic heterocycles. The second kappa shape index (κ2) is 7.89. The topological polar surface area (TPSA) is 158 Å². The molecule has 2 aromatic carbocycles. The third-order valence-corrected chi connectivity index (χ3v) is 4.58. The minimum absolute atomic E-state index is 0.0309. The standard InChI is InChI=1S/C21H15FN8O/c22-12-4-6-13(7-5-12)31-14-3-1-2-11(8-14)18-16-17(25)15(9-23)19(26)29-20(16)30-21(28-18)27-10-24/h1-8,18H,(H6,25,26,27,28,29,30). The largest absolute Gasteiger partial charge is 0.457 e. The molecule has 0 fully saturated rings. The molecule has 31 heavy (non-hydrogen) atoms. The van der Waals surface area contributed by atoms with Crippen LogP contribution in [0.3, 0.4) is 0 Å². The van der Waals surface area contributed by atoms with Crippen LogP contribution in [0.2, 0.25) is 0 Å². The summed E-state index contributed by atoms with van der Waals surface area (Å²) >= 11 is 0. The zero-order chi connectivity index (χ0) is 22.0. The van der Waals surface area contributed by atoms with Crippen molar-refractivity contribution in [2.45, 2.75) is 6.04 Å². The van der Waals surface area contributed by atoms with Gasteiger partial charge in [-0.15, -0.1) is 0 Å². The fraction of sp³-hybridized carbons (Fsp3) is 0.0476. The fourth-order valence-electron chi connectivity index (χ4n) is 3.21. The number of benzene rings is 2. The van der Waals surface area contributed by atoms with Crippen molar-refractivity contribution in [2.75, 3.05) is 16.8 Å². The summed E-state index contributed by atoms with van der Waals surface area (Å²) in [7, 11) is 0. The van der Waals surface area contributed by atoms with Gasteiger partial charge in [-0.25, -0.2) is 14.4 Å². The van der Waals surface area contributed by atoms with E-state index in [9.17, 15) is 9.65 Å². The van der Waals surface area contributed by atoms with E-state index in [2.05, 4.69) is 20.6 Å². The Kier molecular flexibility index (Phi) is 4.96. The lowest BCUT2D eigenvalue weighted by Gasteiger charge is -2.26. The molecule has 0 aliphatic carbocycles. The van der Waals surface area contributed by atoms with Crippen molar-refractivity contribution in [1.82, 2.24) is 10.3 Å². The van der Waals surface area contributed by atoms with E-state index < -0.39 is 6.04 Å². The molecule has 0 spiro atoms. The molecule has 1 unspecified atom stereocenters. The van der Waals surface area contributed by atoms with Gasteiger partial charge in [-0.3, -0.25) is 5.32 Å². The van der Waals surface area contributed by atoms with Gasteiger partial charge in [-0.2, -0.15) is 10.5 Å². The second-order valence-electron chi connectivity index (χ2n) is 6.53. The number of anilines is 3. The highest BCUT2D eigenvalue weighted by molar-refractivity contribution is 5.98. The number of guanidine groups is 1. The van der Waals surface area contributed by atoms with Crippen molar-refractivity contribution in [2.24, 2.45) is 4.99 Å². The van der Waals surface area contributed by atoms with Crippen LogP contribution in [0.5, 0.6) is 11.5 Å². The lowest BCUT2D eigenvalue weighted by molar-refractivity contribution is 0.479. The first kappa shape index (κ1) is 19.5. The Bertz CT molecular complexity index is 1270. The number of nitrogen functional groups attached to an aromatic ring is 2. The summed E-state index contributed by atoms with van der Waals surface area (Å²) in [6.45, 7) is 0. The number of pyridine rings is 1. The van der Waals surface area contributed by atoms with Crippen molar-refractivity contribution in [1.29, 1.82) is 10.5 Å². The van der Waals surface area contributed by atoms with Gasteiger partial charge in [0.1, 0.15) is 46.6 Å². The molecule has 0 saturated carbocycles. The number of aromatic nitrogens is 1. The summed E-state index contributed by atoms with van der Waals surface area (Å²) < 4.78 is 18.9. The van der Waals surface area contributed by atoms with Crippen molar-refractivity contribution in [3.8, 4) is 23.8 Å². The number of hydrogen-bond donors (Lipinski definition) is 4. The summed E-state index contributed by atoms with van der Waals surface area (Å²) in [6.07, 6.45) is 1.80. The molecule has 0 bridgehead atoms. The number of ether oxygens (including phenoxy) is 1. The van der Waals surface area contributed by atoms with Gasteiger partial charge in [0, 0.05) is 5.56 Å². The van der Waals surface area contributed by atoms with Crippen LogP contribution in [0.15, 0.2) is 53.5 Å². The lowest BCUT2D eigenvalue weighted by Crippen LogP contribution is -2.32. The molecule has 0 saturated heterocycles. The average molecular weight is 414 g/mol. The van der Waals surface area contributed by atoms with E-state index in [1.165, 1.54) is 24.3 Å². The number of nitrogens with one attached hydrogen (secondary N) is 2. The number of fused-ring (bicyclic) bond motifs is 1. The smallest absolute Gasteiger partial charge is 0.211 e. The van der Waals surface area contributed by atoms with Crippen LogP contribution in [0.1, 0.15) is 22.7 Å². The van der Waals surface area contributed by atoms with Gasteiger partial charge in [-0.1, -0.05) is 12.1 Å². The van der Waals surface area contributed by atoms with Crippen molar-refractivity contribution < 1.29 is 9.13 Å². The van der Waals surface area contributed by atoms with Gasteiger partial charge < -0.3 is 21.5 Å². The number of nitrogens with zero attached hydrogens (tertiary/aromatic N) is 4. The van der Waals surface area contributed by atoms with Crippen LogP contribution in [0, 0.1) is 28.6 Å². The van der Waals surface area contributed by atoms with Crippen LogP contribution in [-0.2, 0) is 0 Å². The number of nitriles is 2. The van der Waals surface area contributed by atoms with Crippen LogP contribution in [0.25, 0.3) is 0 Å². The Labute approximate surface area is 176 Å². The number of halogens is 1. The van der Waals surface area contributed by atoms with E-state index in [1.807, 2.05) is 6.07 Å². The Morgan fingerprint density at radius 3 is 2.58 bits per heavy atom. The molecule has 2 heterocycles. The molecule has 1 atom stereocenters. The molecule has 3 aromatic rings. The predicted molar refractivity (Wildman–Crippen MR) is 112 cm³/mol. The van der Waals surface area contributed by atoms with Gasteiger partial charge in [0.15, 0.2) is 6.19 Å². The van der Waals surface area contributed by atoms with E-state index in [0.29, 0.717) is 22.6 Å².